The maximum atomic E-state index is 12.8. The summed E-state index contributed by atoms with van der Waals surface area (Å²) in [5.41, 5.74) is 1.88. The lowest BCUT2D eigenvalue weighted by atomic mass is 10.3. The van der Waals surface area contributed by atoms with E-state index in [9.17, 15) is 10.1 Å². The number of hydrogen-bond donors (Lipinski definition) is 0. The summed E-state index contributed by atoms with van der Waals surface area (Å²) < 4.78 is 3.83. The van der Waals surface area contributed by atoms with Gasteiger partial charge >= 0.3 is 0 Å². The highest BCUT2D eigenvalue weighted by molar-refractivity contribution is 7.19. The van der Waals surface area contributed by atoms with E-state index in [-0.39, 0.29) is 5.56 Å². The van der Waals surface area contributed by atoms with Crippen molar-refractivity contribution in [2.75, 3.05) is 0 Å². The van der Waals surface area contributed by atoms with Gasteiger partial charge in [-0.25, -0.2) is 4.98 Å². The van der Waals surface area contributed by atoms with Gasteiger partial charge in [-0.1, -0.05) is 18.2 Å². The van der Waals surface area contributed by atoms with E-state index in [0.29, 0.717) is 32.0 Å². The van der Waals surface area contributed by atoms with Gasteiger partial charge in [0.05, 0.1) is 20.4 Å². The van der Waals surface area contributed by atoms with Gasteiger partial charge < -0.3 is 0 Å². The van der Waals surface area contributed by atoms with Crippen molar-refractivity contribution in [3.63, 3.8) is 0 Å². The third-order valence-corrected chi connectivity index (χ3v) is 6.21. The second kappa shape index (κ2) is 7.27. The topological polar surface area (TPSA) is 71.6 Å². The molecule has 0 spiro atoms. The van der Waals surface area contributed by atoms with E-state index in [1.807, 2.05) is 49.4 Å². The summed E-state index contributed by atoms with van der Waals surface area (Å²) in [6, 6.07) is 15.6. The molecule has 0 amide bonds. The average molecular weight is 390 g/mol. The van der Waals surface area contributed by atoms with Gasteiger partial charge in [0, 0.05) is 12.7 Å². The summed E-state index contributed by atoms with van der Waals surface area (Å²) in [4.78, 5) is 21.7. The lowest BCUT2D eigenvalue weighted by Gasteiger charge is -1.96. The number of pyridine rings is 1. The van der Waals surface area contributed by atoms with Gasteiger partial charge in [-0.2, -0.15) is 5.26 Å². The molecule has 0 saturated carbocycles. The second-order valence-corrected chi connectivity index (χ2v) is 7.75. The number of hydrogen-bond acceptors (Lipinski definition) is 6. The number of fused-ring (bicyclic) bond motifs is 1. The van der Waals surface area contributed by atoms with E-state index in [1.165, 1.54) is 22.7 Å². The van der Waals surface area contributed by atoms with Crippen LogP contribution in [0, 0.1) is 11.3 Å². The molecule has 4 rings (SSSR count). The SMILES string of the molecule is CCn1c(=O)/c(=C/c2ccccn2)s/c1=C(/C#N)c1nc2ccccc2s1. The highest BCUT2D eigenvalue weighted by Crippen LogP contribution is 2.25. The molecular weight excluding hydrogens is 376 g/mol. The standard InChI is InChI=1S/C20H14N4OS2/c1-2-24-19(25)17(11-13-7-5-6-10-22-13)27-20(24)14(12-21)18-23-15-8-3-4-9-16(15)26-18/h3-11H,2H2,1H3/b17-11-,20-14-. The molecule has 0 radical (unpaired) electrons. The number of benzene rings is 1. The van der Waals surface area contributed by atoms with Crippen LogP contribution < -0.4 is 14.8 Å². The molecule has 0 saturated heterocycles. The molecule has 0 aliphatic rings. The van der Waals surface area contributed by atoms with Crippen molar-refractivity contribution in [2.24, 2.45) is 0 Å². The number of thiazole rings is 2. The van der Waals surface area contributed by atoms with Crippen molar-refractivity contribution in [1.82, 2.24) is 14.5 Å². The number of rotatable bonds is 3. The fraction of sp³-hybridized carbons (Fsp3) is 0.100. The van der Waals surface area contributed by atoms with Crippen LogP contribution in [0.25, 0.3) is 21.9 Å². The van der Waals surface area contributed by atoms with Crippen LogP contribution in [0.1, 0.15) is 17.6 Å². The van der Waals surface area contributed by atoms with E-state index in [2.05, 4.69) is 16.0 Å². The van der Waals surface area contributed by atoms with Crippen LogP contribution in [-0.4, -0.2) is 14.5 Å². The fourth-order valence-electron chi connectivity index (χ4n) is 2.75. The van der Waals surface area contributed by atoms with Gasteiger partial charge in [0.25, 0.3) is 5.56 Å². The summed E-state index contributed by atoms with van der Waals surface area (Å²) in [7, 11) is 0. The lowest BCUT2D eigenvalue weighted by Crippen LogP contribution is -2.31. The molecule has 0 atom stereocenters. The minimum Gasteiger partial charge on any atom is -0.298 e. The van der Waals surface area contributed by atoms with Crippen molar-refractivity contribution in [3.05, 3.63) is 78.9 Å². The predicted octanol–water partition coefficient (Wildman–Crippen LogP) is 2.49. The van der Waals surface area contributed by atoms with Crippen molar-refractivity contribution in [2.45, 2.75) is 13.5 Å². The number of para-hydroxylation sites is 1. The quantitative estimate of drug-likeness (QED) is 0.539. The molecule has 3 heterocycles. The molecule has 0 aliphatic carbocycles. The Morgan fingerprint density at radius 1 is 1.22 bits per heavy atom. The molecule has 0 unspecified atom stereocenters. The van der Waals surface area contributed by atoms with Crippen molar-refractivity contribution < 1.29 is 0 Å². The minimum absolute atomic E-state index is 0.114. The molecule has 5 nitrogen and oxygen atoms in total. The first-order valence-corrected chi connectivity index (χ1v) is 9.97. The molecule has 0 fully saturated rings. The molecule has 27 heavy (non-hydrogen) atoms. The average Bonchev–Trinajstić information content (AvgIpc) is 3.25. The molecule has 3 aromatic heterocycles. The fourth-order valence-corrected chi connectivity index (χ4v) is 4.93. The molecule has 1 aromatic carbocycles. The molecule has 132 valence electrons. The monoisotopic (exact) mass is 390 g/mol. The van der Waals surface area contributed by atoms with Crippen LogP contribution >= 0.6 is 22.7 Å². The zero-order valence-electron chi connectivity index (χ0n) is 14.4. The van der Waals surface area contributed by atoms with Gasteiger partial charge in [0.2, 0.25) is 0 Å². The summed E-state index contributed by atoms with van der Waals surface area (Å²) in [5, 5.41) is 10.4. The maximum Gasteiger partial charge on any atom is 0.269 e. The predicted molar refractivity (Wildman–Crippen MR) is 109 cm³/mol. The van der Waals surface area contributed by atoms with E-state index in [1.54, 1.807) is 16.8 Å². The Hall–Kier alpha value is -3.08. The third-order valence-electron chi connectivity index (χ3n) is 4.02. The minimum atomic E-state index is -0.114. The van der Waals surface area contributed by atoms with Crippen LogP contribution in [-0.2, 0) is 6.54 Å². The number of nitriles is 1. The van der Waals surface area contributed by atoms with Crippen molar-refractivity contribution >= 4 is 44.5 Å². The second-order valence-electron chi connectivity index (χ2n) is 5.69. The number of nitrogens with zero attached hydrogens (tertiary/aromatic N) is 4. The normalized spacial score (nSPS) is 13.0. The van der Waals surface area contributed by atoms with E-state index in [0.717, 1.165) is 10.2 Å². The first kappa shape index (κ1) is 17.3. The molecule has 4 aromatic rings. The third kappa shape index (κ3) is 3.21. The first-order valence-electron chi connectivity index (χ1n) is 8.34. The molecule has 0 aliphatic heterocycles. The summed E-state index contributed by atoms with van der Waals surface area (Å²) >= 11 is 2.77. The number of aromatic nitrogens is 3. The van der Waals surface area contributed by atoms with Gasteiger partial charge in [0.15, 0.2) is 0 Å². The summed E-state index contributed by atoms with van der Waals surface area (Å²) in [6.45, 7) is 2.38. The summed E-state index contributed by atoms with van der Waals surface area (Å²) in [5.74, 6) is 0. The van der Waals surface area contributed by atoms with Crippen LogP contribution in [0.4, 0.5) is 0 Å². The molecular formula is C20H14N4OS2. The highest BCUT2D eigenvalue weighted by atomic mass is 32.1. The zero-order valence-corrected chi connectivity index (χ0v) is 16.0. The Labute approximate surface area is 162 Å². The largest absolute Gasteiger partial charge is 0.298 e. The van der Waals surface area contributed by atoms with Gasteiger partial charge in [-0.3, -0.25) is 14.3 Å². The van der Waals surface area contributed by atoms with Gasteiger partial charge in [-0.15, -0.1) is 22.7 Å². The Balaban J connectivity index is 2.01. The molecule has 7 heteroatoms. The Morgan fingerprint density at radius 2 is 2.04 bits per heavy atom. The summed E-state index contributed by atoms with van der Waals surface area (Å²) in [6.07, 6.45) is 3.45. The highest BCUT2D eigenvalue weighted by Gasteiger charge is 2.14. The van der Waals surface area contributed by atoms with Crippen LogP contribution in [0.2, 0.25) is 0 Å². The Bertz CT molecular complexity index is 1310. The Morgan fingerprint density at radius 3 is 2.74 bits per heavy atom. The van der Waals surface area contributed by atoms with Crippen LogP contribution in [0.5, 0.6) is 0 Å². The Kier molecular flexibility index (Phi) is 4.67. The van der Waals surface area contributed by atoms with Crippen molar-refractivity contribution in [3.8, 4) is 6.07 Å². The maximum absolute atomic E-state index is 12.8. The van der Waals surface area contributed by atoms with E-state index < -0.39 is 0 Å². The molecule has 0 bridgehead atoms. The van der Waals surface area contributed by atoms with Crippen LogP contribution in [0.15, 0.2) is 53.5 Å². The van der Waals surface area contributed by atoms with E-state index in [4.69, 9.17) is 0 Å². The van der Waals surface area contributed by atoms with Crippen LogP contribution in [0.3, 0.4) is 0 Å². The van der Waals surface area contributed by atoms with E-state index >= 15 is 0 Å². The van der Waals surface area contributed by atoms with Crippen molar-refractivity contribution in [1.29, 1.82) is 5.26 Å². The lowest BCUT2D eigenvalue weighted by molar-refractivity contribution is 0.721. The smallest absolute Gasteiger partial charge is 0.269 e. The van der Waals surface area contributed by atoms with Gasteiger partial charge in [0.1, 0.15) is 21.3 Å². The first-order chi connectivity index (χ1) is 13.2. The van der Waals surface area contributed by atoms with Gasteiger partial charge in [-0.05, 0) is 37.3 Å². The zero-order chi connectivity index (χ0) is 18.8. The molecule has 0 N–H and O–H groups in total.